The maximum atomic E-state index is 12.1. The fourth-order valence-electron chi connectivity index (χ4n) is 1.86. The molecule has 1 amide bonds. The Hall–Kier alpha value is -0.940. The maximum absolute atomic E-state index is 12.1. The van der Waals surface area contributed by atoms with Crippen LogP contribution in [0.5, 0.6) is 0 Å². The molecule has 5 heteroatoms. The third-order valence-corrected chi connectivity index (χ3v) is 4.18. The Balaban J connectivity index is 2.11. The van der Waals surface area contributed by atoms with Crippen LogP contribution < -0.4 is 0 Å². The van der Waals surface area contributed by atoms with E-state index in [1.165, 1.54) is 0 Å². The minimum absolute atomic E-state index is 0.0206. The summed E-state index contributed by atoms with van der Waals surface area (Å²) in [7, 11) is 4.03. The lowest BCUT2D eigenvalue weighted by Gasteiger charge is -2.23. The third-order valence-electron chi connectivity index (χ3n) is 2.82. The second-order valence-corrected chi connectivity index (χ2v) is 5.91. The van der Waals surface area contributed by atoms with Gasteiger partial charge in [0, 0.05) is 13.1 Å². The highest BCUT2D eigenvalue weighted by molar-refractivity contribution is 8.01. The first kappa shape index (κ1) is 12.5. The smallest absolute Gasteiger partial charge is 0.236 e. The molecule has 1 aromatic heterocycles. The summed E-state index contributed by atoms with van der Waals surface area (Å²) in [5.41, 5.74) is 0. The van der Waals surface area contributed by atoms with Gasteiger partial charge in [-0.3, -0.25) is 4.79 Å². The van der Waals surface area contributed by atoms with E-state index in [9.17, 15) is 4.79 Å². The van der Waals surface area contributed by atoms with Gasteiger partial charge in [-0.2, -0.15) is 0 Å². The summed E-state index contributed by atoms with van der Waals surface area (Å²) in [6, 6.07) is 3.80. The molecule has 0 aromatic carbocycles. The average molecular weight is 254 g/mol. The Bertz CT molecular complexity index is 378. The molecule has 0 aliphatic carbocycles. The summed E-state index contributed by atoms with van der Waals surface area (Å²) in [4.78, 5) is 16.1. The van der Waals surface area contributed by atoms with Crippen molar-refractivity contribution in [2.45, 2.75) is 17.5 Å². The van der Waals surface area contributed by atoms with Crippen LogP contribution in [0.4, 0.5) is 0 Å². The lowest BCUT2D eigenvalue weighted by molar-refractivity contribution is -0.130. The van der Waals surface area contributed by atoms with Crippen molar-refractivity contribution >= 4 is 17.7 Å². The van der Waals surface area contributed by atoms with Gasteiger partial charge >= 0.3 is 0 Å². The van der Waals surface area contributed by atoms with Gasteiger partial charge in [0.25, 0.3) is 0 Å². The Kier molecular flexibility index (Phi) is 3.79. The number of nitrogens with zero attached hydrogens (tertiary/aromatic N) is 2. The molecule has 1 aromatic rings. The molecule has 1 saturated heterocycles. The molecule has 0 N–H and O–H groups in total. The van der Waals surface area contributed by atoms with Crippen molar-refractivity contribution in [3.8, 4) is 0 Å². The van der Waals surface area contributed by atoms with Gasteiger partial charge in [0.15, 0.2) is 0 Å². The fraction of sp³-hybridized carbons (Fsp3) is 0.583. The van der Waals surface area contributed by atoms with Crippen molar-refractivity contribution in [1.29, 1.82) is 0 Å². The normalized spacial score (nSPS) is 24.9. The molecule has 1 aliphatic heterocycles. The number of carbonyl (C=O) groups excluding carboxylic acids is 1. The molecule has 94 valence electrons. The van der Waals surface area contributed by atoms with Crippen molar-refractivity contribution in [2.75, 3.05) is 27.2 Å². The van der Waals surface area contributed by atoms with Crippen molar-refractivity contribution in [3.63, 3.8) is 0 Å². The molecule has 1 fully saturated rings. The van der Waals surface area contributed by atoms with Gasteiger partial charge in [-0.25, -0.2) is 0 Å². The number of likely N-dealkylation sites (N-methyl/N-ethyl adjacent to an activating group) is 1. The van der Waals surface area contributed by atoms with E-state index >= 15 is 0 Å². The highest BCUT2D eigenvalue weighted by Crippen LogP contribution is 2.42. The molecular weight excluding hydrogens is 236 g/mol. The van der Waals surface area contributed by atoms with Gasteiger partial charge in [0.2, 0.25) is 5.91 Å². The number of rotatable bonds is 4. The third kappa shape index (κ3) is 2.66. The Labute approximate surface area is 106 Å². The molecule has 2 rings (SSSR count). The van der Waals surface area contributed by atoms with Crippen LogP contribution in [0.2, 0.25) is 0 Å². The van der Waals surface area contributed by atoms with Crippen LogP contribution in [-0.4, -0.2) is 48.1 Å². The minimum Gasteiger partial charge on any atom is -0.466 e. The first-order valence-electron chi connectivity index (χ1n) is 5.73. The molecule has 2 unspecified atom stereocenters. The molecule has 0 radical (unpaired) electrons. The molecule has 0 saturated carbocycles. The second kappa shape index (κ2) is 5.14. The van der Waals surface area contributed by atoms with E-state index in [0.29, 0.717) is 0 Å². The van der Waals surface area contributed by atoms with Crippen LogP contribution in [0.3, 0.4) is 0 Å². The van der Waals surface area contributed by atoms with Crippen LogP contribution in [0.25, 0.3) is 0 Å². The topological polar surface area (TPSA) is 36.7 Å². The standard InChI is InChI=1S/C12H18N2O2S/c1-9-11(15)14(7-6-13(2)3)12(17-9)10-5-4-8-16-10/h4-5,8-9,12H,6-7H2,1-3H3. The van der Waals surface area contributed by atoms with E-state index in [1.807, 2.05) is 38.1 Å². The molecule has 1 aliphatic rings. The summed E-state index contributed by atoms with van der Waals surface area (Å²) < 4.78 is 5.42. The highest BCUT2D eigenvalue weighted by Gasteiger charge is 2.39. The SMILES string of the molecule is CC1SC(c2ccco2)N(CCN(C)C)C1=O. The monoisotopic (exact) mass is 254 g/mol. The lowest BCUT2D eigenvalue weighted by Crippen LogP contribution is -2.35. The zero-order chi connectivity index (χ0) is 12.4. The molecular formula is C12H18N2O2S. The van der Waals surface area contributed by atoms with Gasteiger partial charge < -0.3 is 14.2 Å². The fourth-order valence-corrected chi connectivity index (χ4v) is 3.12. The number of thioether (sulfide) groups is 1. The summed E-state index contributed by atoms with van der Waals surface area (Å²) in [5.74, 6) is 1.07. The quantitative estimate of drug-likeness (QED) is 0.821. The Morgan fingerprint density at radius 1 is 1.53 bits per heavy atom. The van der Waals surface area contributed by atoms with Gasteiger partial charge in [0.05, 0.1) is 11.5 Å². The van der Waals surface area contributed by atoms with Crippen molar-refractivity contribution in [2.24, 2.45) is 0 Å². The molecule has 0 bridgehead atoms. The maximum Gasteiger partial charge on any atom is 0.236 e. The van der Waals surface area contributed by atoms with E-state index in [-0.39, 0.29) is 16.5 Å². The van der Waals surface area contributed by atoms with E-state index in [4.69, 9.17) is 4.42 Å². The van der Waals surface area contributed by atoms with Crippen LogP contribution in [-0.2, 0) is 4.79 Å². The molecule has 17 heavy (non-hydrogen) atoms. The summed E-state index contributed by atoms with van der Waals surface area (Å²) in [6.45, 7) is 3.57. The zero-order valence-corrected chi connectivity index (χ0v) is 11.2. The van der Waals surface area contributed by atoms with E-state index < -0.39 is 0 Å². The molecule has 2 atom stereocenters. The van der Waals surface area contributed by atoms with Gasteiger partial charge in [-0.05, 0) is 33.2 Å². The minimum atomic E-state index is 0.0206. The second-order valence-electron chi connectivity index (χ2n) is 4.48. The predicted octanol–water partition coefficient (Wildman–Crippen LogP) is 1.80. The van der Waals surface area contributed by atoms with Crippen molar-refractivity contribution in [1.82, 2.24) is 9.80 Å². The van der Waals surface area contributed by atoms with Gasteiger partial charge in [-0.1, -0.05) is 0 Å². The van der Waals surface area contributed by atoms with Crippen molar-refractivity contribution < 1.29 is 9.21 Å². The van der Waals surface area contributed by atoms with Crippen LogP contribution in [0.1, 0.15) is 18.1 Å². The number of amides is 1. The molecule has 0 spiro atoms. The largest absolute Gasteiger partial charge is 0.466 e. The van der Waals surface area contributed by atoms with Crippen LogP contribution in [0.15, 0.2) is 22.8 Å². The van der Waals surface area contributed by atoms with E-state index in [2.05, 4.69) is 4.90 Å². The van der Waals surface area contributed by atoms with E-state index in [1.54, 1.807) is 18.0 Å². The average Bonchev–Trinajstić information content (AvgIpc) is 2.87. The van der Waals surface area contributed by atoms with E-state index in [0.717, 1.165) is 18.8 Å². The van der Waals surface area contributed by atoms with Gasteiger partial charge in [0.1, 0.15) is 11.1 Å². The lowest BCUT2D eigenvalue weighted by atomic mass is 10.3. The van der Waals surface area contributed by atoms with Crippen molar-refractivity contribution in [3.05, 3.63) is 24.2 Å². The Morgan fingerprint density at radius 3 is 2.88 bits per heavy atom. The zero-order valence-electron chi connectivity index (χ0n) is 10.4. The number of hydrogen-bond acceptors (Lipinski definition) is 4. The van der Waals surface area contributed by atoms with Gasteiger partial charge in [-0.15, -0.1) is 11.8 Å². The summed E-state index contributed by atoms with van der Waals surface area (Å²) in [5, 5.41) is 0.0553. The number of hydrogen-bond donors (Lipinski definition) is 0. The Morgan fingerprint density at radius 2 is 2.29 bits per heavy atom. The summed E-state index contributed by atoms with van der Waals surface area (Å²) in [6.07, 6.45) is 1.66. The number of furan rings is 1. The summed E-state index contributed by atoms with van der Waals surface area (Å²) >= 11 is 1.66. The predicted molar refractivity (Wildman–Crippen MR) is 68.8 cm³/mol. The molecule has 2 heterocycles. The first-order chi connectivity index (χ1) is 8.09. The highest BCUT2D eigenvalue weighted by atomic mass is 32.2. The van der Waals surface area contributed by atoms with Crippen LogP contribution in [0, 0.1) is 0 Å². The first-order valence-corrected chi connectivity index (χ1v) is 6.68. The van der Waals surface area contributed by atoms with Crippen LogP contribution >= 0.6 is 11.8 Å². The number of carbonyl (C=O) groups is 1. The molecule has 4 nitrogen and oxygen atoms in total.